The number of ether oxygens (including phenoxy) is 1. The van der Waals surface area contributed by atoms with Crippen molar-refractivity contribution in [1.29, 1.82) is 0 Å². The molecule has 0 aliphatic rings. The second-order valence-electron chi connectivity index (χ2n) is 4.11. The highest BCUT2D eigenvalue weighted by Crippen LogP contribution is 2.21. The molecule has 0 saturated heterocycles. The van der Waals surface area contributed by atoms with Crippen molar-refractivity contribution in [3.05, 3.63) is 38.3 Å². The molecule has 1 unspecified atom stereocenters. The number of methoxy groups -OCH3 is 1. The molecular formula is C12H15BrN2O5. The van der Waals surface area contributed by atoms with Gasteiger partial charge in [-0.1, -0.05) is 15.9 Å². The third-order valence-corrected chi connectivity index (χ3v) is 2.94. The van der Waals surface area contributed by atoms with Gasteiger partial charge in [-0.3, -0.25) is 14.9 Å². The molecule has 0 bridgehead atoms. The minimum atomic E-state index is -0.655. The third kappa shape index (κ3) is 5.24. The lowest BCUT2D eigenvalue weighted by Gasteiger charge is -2.10. The number of aliphatic hydroxyl groups excluding tert-OH is 1. The van der Waals surface area contributed by atoms with Crippen LogP contribution in [0.1, 0.15) is 16.8 Å². The normalized spacial score (nSPS) is 11.9. The van der Waals surface area contributed by atoms with E-state index in [0.717, 1.165) is 0 Å². The number of aliphatic hydroxyl groups is 1. The fourth-order valence-electron chi connectivity index (χ4n) is 1.54. The summed E-state index contributed by atoms with van der Waals surface area (Å²) < 4.78 is 5.21. The molecule has 1 rings (SSSR count). The largest absolute Gasteiger partial charge is 0.391 e. The average molecular weight is 347 g/mol. The van der Waals surface area contributed by atoms with E-state index in [0.29, 0.717) is 10.9 Å². The van der Waals surface area contributed by atoms with Gasteiger partial charge in [0.1, 0.15) is 0 Å². The van der Waals surface area contributed by atoms with Crippen LogP contribution in [-0.2, 0) is 4.74 Å². The lowest BCUT2D eigenvalue weighted by molar-refractivity contribution is -0.385. The molecule has 1 amide bonds. The first kappa shape index (κ1) is 16.5. The molecular weight excluding hydrogens is 332 g/mol. The quantitative estimate of drug-likeness (QED) is 0.575. The first-order valence-electron chi connectivity index (χ1n) is 5.84. The zero-order valence-corrected chi connectivity index (χ0v) is 12.4. The van der Waals surface area contributed by atoms with Crippen molar-refractivity contribution in [2.24, 2.45) is 0 Å². The van der Waals surface area contributed by atoms with Crippen LogP contribution in [0.5, 0.6) is 0 Å². The molecule has 110 valence electrons. The Morgan fingerprint density at radius 2 is 2.25 bits per heavy atom. The van der Waals surface area contributed by atoms with E-state index >= 15 is 0 Å². The Labute approximate surface area is 124 Å². The van der Waals surface area contributed by atoms with E-state index in [-0.39, 0.29) is 24.4 Å². The SMILES string of the molecule is COCC(O)CCNC(=O)c1cc(Br)cc([N+](=O)[O-])c1. The molecule has 2 N–H and O–H groups in total. The van der Waals surface area contributed by atoms with Crippen LogP contribution >= 0.6 is 15.9 Å². The van der Waals surface area contributed by atoms with E-state index in [1.54, 1.807) is 0 Å². The number of nitro benzene ring substituents is 1. The Morgan fingerprint density at radius 1 is 1.55 bits per heavy atom. The van der Waals surface area contributed by atoms with E-state index in [2.05, 4.69) is 21.2 Å². The van der Waals surface area contributed by atoms with Gasteiger partial charge in [-0.2, -0.15) is 0 Å². The second kappa shape index (κ2) is 7.93. The maximum absolute atomic E-state index is 11.8. The van der Waals surface area contributed by atoms with Crippen molar-refractivity contribution in [3.8, 4) is 0 Å². The molecule has 0 saturated carbocycles. The van der Waals surface area contributed by atoms with Crippen LogP contribution in [-0.4, -0.2) is 42.3 Å². The summed E-state index contributed by atoms with van der Waals surface area (Å²) >= 11 is 3.12. The standard InChI is InChI=1S/C12H15BrN2O5/c1-20-7-11(16)2-3-14-12(17)8-4-9(13)6-10(5-8)15(18)19/h4-6,11,16H,2-3,7H2,1H3,(H,14,17). The predicted octanol–water partition coefficient (Wildman–Crippen LogP) is 1.48. The fraction of sp³-hybridized carbons (Fsp3) is 0.417. The number of nitrogens with one attached hydrogen (secondary N) is 1. The van der Waals surface area contributed by atoms with Crippen LogP contribution in [0.2, 0.25) is 0 Å². The third-order valence-electron chi connectivity index (χ3n) is 2.48. The number of hydrogen-bond acceptors (Lipinski definition) is 5. The van der Waals surface area contributed by atoms with Gasteiger partial charge in [-0.05, 0) is 12.5 Å². The molecule has 0 radical (unpaired) electrons. The molecule has 0 aliphatic carbocycles. The highest BCUT2D eigenvalue weighted by Gasteiger charge is 2.14. The summed E-state index contributed by atoms with van der Waals surface area (Å²) in [5.74, 6) is -0.431. The van der Waals surface area contributed by atoms with Gasteiger partial charge in [-0.15, -0.1) is 0 Å². The van der Waals surface area contributed by atoms with Gasteiger partial charge in [0.15, 0.2) is 0 Å². The molecule has 20 heavy (non-hydrogen) atoms. The van der Waals surface area contributed by atoms with E-state index in [4.69, 9.17) is 4.74 Å². The predicted molar refractivity (Wildman–Crippen MR) is 75.6 cm³/mol. The summed E-state index contributed by atoms with van der Waals surface area (Å²) in [5.41, 5.74) is 0.0243. The number of carbonyl (C=O) groups excluding carboxylic acids is 1. The lowest BCUT2D eigenvalue weighted by atomic mass is 10.2. The molecule has 0 aliphatic heterocycles. The summed E-state index contributed by atoms with van der Waals surface area (Å²) in [5, 5.41) is 22.7. The van der Waals surface area contributed by atoms with Gasteiger partial charge in [0.2, 0.25) is 0 Å². The summed E-state index contributed by atoms with van der Waals surface area (Å²) in [6.45, 7) is 0.446. The van der Waals surface area contributed by atoms with Gasteiger partial charge < -0.3 is 15.2 Å². The van der Waals surface area contributed by atoms with Crippen LogP contribution in [0.25, 0.3) is 0 Å². The number of carbonyl (C=O) groups is 1. The molecule has 7 nitrogen and oxygen atoms in total. The highest BCUT2D eigenvalue weighted by molar-refractivity contribution is 9.10. The molecule has 8 heteroatoms. The van der Waals surface area contributed by atoms with Crippen LogP contribution < -0.4 is 5.32 Å². The van der Waals surface area contributed by atoms with Crippen molar-refractivity contribution in [2.45, 2.75) is 12.5 Å². The van der Waals surface area contributed by atoms with Crippen LogP contribution in [0.3, 0.4) is 0 Å². The van der Waals surface area contributed by atoms with Gasteiger partial charge >= 0.3 is 0 Å². The van der Waals surface area contributed by atoms with Crippen LogP contribution in [0.15, 0.2) is 22.7 Å². The summed E-state index contributed by atoms with van der Waals surface area (Å²) in [7, 11) is 1.47. The molecule has 0 aromatic heterocycles. The lowest BCUT2D eigenvalue weighted by Crippen LogP contribution is -2.28. The van der Waals surface area contributed by atoms with Crippen LogP contribution in [0.4, 0.5) is 5.69 Å². The fourth-order valence-corrected chi connectivity index (χ4v) is 2.02. The molecule has 1 aromatic carbocycles. The first-order chi connectivity index (χ1) is 9.43. The Hall–Kier alpha value is -1.51. The van der Waals surface area contributed by atoms with E-state index < -0.39 is 16.9 Å². The second-order valence-corrected chi connectivity index (χ2v) is 5.02. The van der Waals surface area contributed by atoms with Crippen molar-refractivity contribution < 1.29 is 19.6 Å². The zero-order chi connectivity index (χ0) is 15.1. The van der Waals surface area contributed by atoms with Gasteiger partial charge in [0, 0.05) is 35.8 Å². The number of halogens is 1. The Kier molecular flexibility index (Phi) is 6.56. The Bertz CT molecular complexity index is 495. The van der Waals surface area contributed by atoms with E-state index in [9.17, 15) is 20.0 Å². The Balaban J connectivity index is 2.61. The number of benzene rings is 1. The zero-order valence-electron chi connectivity index (χ0n) is 10.8. The topological polar surface area (TPSA) is 102 Å². The molecule has 1 atom stereocenters. The maximum Gasteiger partial charge on any atom is 0.271 e. The maximum atomic E-state index is 11.8. The minimum Gasteiger partial charge on any atom is -0.391 e. The Morgan fingerprint density at radius 3 is 2.85 bits per heavy atom. The van der Waals surface area contributed by atoms with Crippen molar-refractivity contribution in [1.82, 2.24) is 5.32 Å². The average Bonchev–Trinajstić information content (AvgIpc) is 2.38. The number of nitrogens with zero attached hydrogens (tertiary/aromatic N) is 1. The number of amides is 1. The van der Waals surface area contributed by atoms with Gasteiger partial charge in [0.05, 0.1) is 17.6 Å². The van der Waals surface area contributed by atoms with Crippen molar-refractivity contribution in [3.63, 3.8) is 0 Å². The van der Waals surface area contributed by atoms with Crippen LogP contribution in [0, 0.1) is 10.1 Å². The number of hydrogen-bond donors (Lipinski definition) is 2. The summed E-state index contributed by atoms with van der Waals surface area (Å²) in [4.78, 5) is 22.0. The highest BCUT2D eigenvalue weighted by atomic mass is 79.9. The molecule has 0 heterocycles. The van der Waals surface area contributed by atoms with Crippen molar-refractivity contribution in [2.75, 3.05) is 20.3 Å². The summed E-state index contributed by atoms with van der Waals surface area (Å²) in [6.07, 6.45) is -0.312. The van der Waals surface area contributed by atoms with Gasteiger partial charge in [-0.25, -0.2) is 0 Å². The number of rotatable bonds is 7. The molecule has 0 fully saturated rings. The van der Waals surface area contributed by atoms with E-state index in [1.807, 2.05) is 0 Å². The first-order valence-corrected chi connectivity index (χ1v) is 6.63. The monoisotopic (exact) mass is 346 g/mol. The molecule has 1 aromatic rings. The number of non-ortho nitro benzene ring substituents is 1. The van der Waals surface area contributed by atoms with Gasteiger partial charge in [0.25, 0.3) is 11.6 Å². The number of nitro groups is 1. The summed E-state index contributed by atoms with van der Waals surface area (Å²) in [6, 6.07) is 4.01. The minimum absolute atomic E-state index is 0.163. The van der Waals surface area contributed by atoms with E-state index in [1.165, 1.54) is 25.3 Å². The van der Waals surface area contributed by atoms with Crippen molar-refractivity contribution >= 4 is 27.5 Å². The smallest absolute Gasteiger partial charge is 0.271 e. The molecule has 0 spiro atoms.